The Morgan fingerprint density at radius 2 is 1.58 bits per heavy atom. The van der Waals surface area contributed by atoms with Crippen LogP contribution in [0.5, 0.6) is 0 Å². The zero-order valence-electron chi connectivity index (χ0n) is 17.9. The molecule has 0 aliphatic heterocycles. The van der Waals surface area contributed by atoms with E-state index < -0.39 is 23.6 Å². The van der Waals surface area contributed by atoms with E-state index in [9.17, 15) is 14.4 Å². The van der Waals surface area contributed by atoms with Gasteiger partial charge in [-0.15, -0.1) is 0 Å². The number of alkyl carbamates (subject to hydrolysis) is 1. The zero-order chi connectivity index (χ0) is 22.4. The summed E-state index contributed by atoms with van der Waals surface area (Å²) in [6.07, 6.45) is 0.204. The quantitative estimate of drug-likeness (QED) is 0.572. The molecule has 3 rings (SSSR count). The second-order valence-electron chi connectivity index (χ2n) is 8.32. The van der Waals surface area contributed by atoms with Gasteiger partial charge in [-0.05, 0) is 35.4 Å². The van der Waals surface area contributed by atoms with Crippen LogP contribution in [0.25, 0.3) is 0 Å². The van der Waals surface area contributed by atoms with Gasteiger partial charge >= 0.3 is 6.09 Å². The number of rotatable bonds is 9. The van der Waals surface area contributed by atoms with Crippen LogP contribution in [0.1, 0.15) is 30.5 Å². The number of Topliss-reactive ketones (excluding diaryl/α,β-unsaturated/α-hetero) is 1. The summed E-state index contributed by atoms with van der Waals surface area (Å²) in [5.41, 5.74) is 7.27. The molecule has 2 amide bonds. The Labute approximate surface area is 182 Å². The minimum Gasteiger partial charge on any atom is -0.445 e. The molecule has 0 spiro atoms. The molecule has 164 valence electrons. The summed E-state index contributed by atoms with van der Waals surface area (Å²) in [5.74, 6) is -0.899. The van der Waals surface area contributed by atoms with E-state index in [1.54, 1.807) is 0 Å². The van der Waals surface area contributed by atoms with Gasteiger partial charge in [0.1, 0.15) is 6.61 Å². The number of nitrogens with two attached hydrogens (primary N) is 1. The van der Waals surface area contributed by atoms with E-state index in [1.807, 2.05) is 68.4 Å². The van der Waals surface area contributed by atoms with E-state index in [1.165, 1.54) is 0 Å². The van der Waals surface area contributed by atoms with Crippen LogP contribution >= 0.6 is 0 Å². The molecule has 0 radical (unpaired) electrons. The molecule has 0 saturated carbocycles. The van der Waals surface area contributed by atoms with Crippen molar-refractivity contribution in [3.05, 3.63) is 71.3 Å². The lowest BCUT2D eigenvalue weighted by molar-refractivity contribution is -0.128. The molecule has 7 nitrogen and oxygen atoms in total. The predicted molar refractivity (Wildman–Crippen MR) is 117 cm³/mol. The largest absolute Gasteiger partial charge is 0.445 e. The molecule has 7 heteroatoms. The number of ketones is 1. The smallest absolute Gasteiger partial charge is 0.408 e. The second kappa shape index (κ2) is 9.75. The number of carbonyl (C=O) groups is 3. The van der Waals surface area contributed by atoms with E-state index in [0.717, 1.165) is 16.7 Å². The third-order valence-corrected chi connectivity index (χ3v) is 5.61. The molecular weight excluding hydrogens is 394 g/mol. The lowest BCUT2D eigenvalue weighted by Crippen LogP contribution is -2.62. The fraction of sp³-hybridized carbons (Fsp3) is 0.375. The number of primary amides is 1. The van der Waals surface area contributed by atoms with E-state index in [-0.39, 0.29) is 24.9 Å². The summed E-state index contributed by atoms with van der Waals surface area (Å²) >= 11 is 0. The second-order valence-corrected chi connectivity index (χ2v) is 8.32. The normalized spacial score (nSPS) is 15.2. The minimum absolute atomic E-state index is 0.113. The molecule has 4 N–H and O–H groups in total. The number of nitrogens with one attached hydrogen (secondary N) is 2. The van der Waals surface area contributed by atoms with Crippen LogP contribution in [0.2, 0.25) is 0 Å². The highest BCUT2D eigenvalue weighted by Crippen LogP contribution is 2.32. The van der Waals surface area contributed by atoms with Crippen molar-refractivity contribution >= 4 is 17.8 Å². The number of fused-ring (bicyclic) bond motifs is 1. The summed E-state index contributed by atoms with van der Waals surface area (Å²) in [5, 5.41) is 5.83. The van der Waals surface area contributed by atoms with Gasteiger partial charge in [0.2, 0.25) is 5.91 Å². The first kappa shape index (κ1) is 22.5. The van der Waals surface area contributed by atoms with Crippen LogP contribution in [0.4, 0.5) is 4.79 Å². The molecule has 0 saturated heterocycles. The first-order chi connectivity index (χ1) is 14.8. The van der Waals surface area contributed by atoms with Gasteiger partial charge < -0.3 is 15.8 Å². The molecule has 0 aromatic heterocycles. The van der Waals surface area contributed by atoms with Gasteiger partial charge in [-0.2, -0.15) is 0 Å². The Morgan fingerprint density at radius 1 is 1.00 bits per heavy atom. The minimum atomic E-state index is -1.01. The highest BCUT2D eigenvalue weighted by molar-refractivity contribution is 5.97. The lowest BCUT2D eigenvalue weighted by Gasteiger charge is -2.34. The molecule has 31 heavy (non-hydrogen) atoms. The van der Waals surface area contributed by atoms with Gasteiger partial charge in [0.25, 0.3) is 0 Å². The summed E-state index contributed by atoms with van der Waals surface area (Å²) in [6, 6.07) is 16.3. The maximum absolute atomic E-state index is 13.7. The van der Waals surface area contributed by atoms with Crippen molar-refractivity contribution < 1.29 is 19.1 Å². The Balaban J connectivity index is 1.75. The summed E-state index contributed by atoms with van der Waals surface area (Å²) in [6.45, 7) is 3.72. The van der Waals surface area contributed by atoms with Gasteiger partial charge in [0.15, 0.2) is 5.78 Å². The highest BCUT2D eigenvalue weighted by Gasteiger charge is 2.47. The molecule has 0 bridgehead atoms. The Morgan fingerprint density at radius 3 is 2.13 bits per heavy atom. The van der Waals surface area contributed by atoms with Gasteiger partial charge in [0, 0.05) is 0 Å². The summed E-state index contributed by atoms with van der Waals surface area (Å²) < 4.78 is 5.32. The van der Waals surface area contributed by atoms with Crippen LogP contribution in [0.15, 0.2) is 54.6 Å². The van der Waals surface area contributed by atoms with Gasteiger partial charge in [-0.3, -0.25) is 14.9 Å². The molecule has 0 fully saturated rings. The summed E-state index contributed by atoms with van der Waals surface area (Å²) in [7, 11) is 0. The van der Waals surface area contributed by atoms with E-state index in [0.29, 0.717) is 12.8 Å². The van der Waals surface area contributed by atoms with Gasteiger partial charge in [-0.1, -0.05) is 68.4 Å². The van der Waals surface area contributed by atoms with Crippen LogP contribution in [0, 0.1) is 5.92 Å². The molecule has 1 aliphatic rings. The third kappa shape index (κ3) is 5.49. The molecule has 2 aromatic carbocycles. The molecule has 1 atom stereocenters. The maximum Gasteiger partial charge on any atom is 0.408 e. The molecular formula is C24H29N3O4. The summed E-state index contributed by atoms with van der Waals surface area (Å²) in [4.78, 5) is 37.6. The monoisotopic (exact) mass is 423 g/mol. The number of benzene rings is 2. The van der Waals surface area contributed by atoms with Crippen molar-refractivity contribution in [1.82, 2.24) is 10.6 Å². The van der Waals surface area contributed by atoms with Crippen molar-refractivity contribution in [2.75, 3.05) is 6.54 Å². The molecule has 0 unspecified atom stereocenters. The molecule has 2 aromatic rings. The highest BCUT2D eigenvalue weighted by atomic mass is 16.5. The SMILES string of the molecule is CC(C)[C@H](NC(=O)OCc1ccccc1)C(=O)C1(NCC(N)=O)Cc2ccccc2C1. The number of hydrogen-bond donors (Lipinski definition) is 3. The first-order valence-electron chi connectivity index (χ1n) is 10.4. The zero-order valence-corrected chi connectivity index (χ0v) is 17.9. The number of hydrogen-bond acceptors (Lipinski definition) is 5. The van der Waals surface area contributed by atoms with Gasteiger partial charge in [0.05, 0.1) is 18.1 Å². The van der Waals surface area contributed by atoms with Crippen LogP contribution in [-0.4, -0.2) is 35.9 Å². The van der Waals surface area contributed by atoms with Crippen molar-refractivity contribution in [1.29, 1.82) is 0 Å². The predicted octanol–water partition coefficient (Wildman–Crippen LogP) is 2.12. The third-order valence-electron chi connectivity index (χ3n) is 5.61. The maximum atomic E-state index is 13.7. The Hall–Kier alpha value is -3.19. The number of amides is 2. The average Bonchev–Trinajstić information content (AvgIpc) is 3.14. The van der Waals surface area contributed by atoms with Crippen LogP contribution < -0.4 is 16.4 Å². The van der Waals surface area contributed by atoms with Crippen molar-refractivity contribution in [2.24, 2.45) is 11.7 Å². The molecule has 0 heterocycles. The fourth-order valence-corrected chi connectivity index (χ4v) is 3.98. The van der Waals surface area contributed by atoms with Crippen LogP contribution in [0.3, 0.4) is 0 Å². The van der Waals surface area contributed by atoms with E-state index >= 15 is 0 Å². The van der Waals surface area contributed by atoms with E-state index in [2.05, 4.69) is 10.6 Å². The van der Waals surface area contributed by atoms with Crippen molar-refractivity contribution in [3.8, 4) is 0 Å². The lowest BCUT2D eigenvalue weighted by atomic mass is 9.82. The van der Waals surface area contributed by atoms with Crippen molar-refractivity contribution in [2.45, 2.75) is 44.9 Å². The standard InChI is InChI=1S/C24H29N3O4/c1-16(2)21(27-23(30)31-15-17-8-4-3-5-9-17)22(29)24(26-14-20(25)28)12-18-10-6-7-11-19(18)13-24/h3-11,16,21,26H,12-15H2,1-2H3,(H2,25,28)(H,27,30)/t21-/m0/s1. The first-order valence-corrected chi connectivity index (χ1v) is 10.4. The van der Waals surface area contributed by atoms with Gasteiger partial charge in [-0.25, -0.2) is 4.79 Å². The van der Waals surface area contributed by atoms with E-state index in [4.69, 9.17) is 10.5 Å². The number of ether oxygens (including phenoxy) is 1. The topological polar surface area (TPSA) is 111 Å². The fourth-order valence-electron chi connectivity index (χ4n) is 3.98. The van der Waals surface area contributed by atoms with Crippen molar-refractivity contribution in [3.63, 3.8) is 0 Å². The average molecular weight is 424 g/mol. The Bertz CT molecular complexity index is 918. The van der Waals surface area contributed by atoms with Crippen LogP contribution in [-0.2, 0) is 33.8 Å². The number of carbonyl (C=O) groups excluding carboxylic acids is 3. The Kier molecular flexibility index (Phi) is 7.07. The molecule has 1 aliphatic carbocycles.